The highest BCUT2D eigenvalue weighted by molar-refractivity contribution is 7.79. The van der Waals surface area contributed by atoms with Gasteiger partial charge in [0.1, 0.15) is 0 Å². The van der Waals surface area contributed by atoms with Crippen LogP contribution in [-0.2, 0) is 15.0 Å². The number of hydrogen-bond donors (Lipinski definition) is 4. The van der Waals surface area contributed by atoms with Gasteiger partial charge in [-0.3, -0.25) is 13.7 Å². The van der Waals surface area contributed by atoms with Gasteiger partial charge in [0.05, 0.1) is 0 Å². The fraction of sp³-hybridized carbons (Fsp3) is 1.00. The molecule has 0 saturated carbocycles. The van der Waals surface area contributed by atoms with Crippen molar-refractivity contribution < 1.29 is 31.9 Å². The molecule has 0 aliphatic heterocycles. The third-order valence-corrected chi connectivity index (χ3v) is 4.02. The Morgan fingerprint density at radius 2 is 1.12 bits per heavy atom. The second kappa shape index (κ2) is 13.5. The first-order chi connectivity index (χ1) is 7.08. The number of rotatable bonds is 3. The molecule has 0 fully saturated rings. The van der Waals surface area contributed by atoms with Crippen LogP contribution in [0.5, 0.6) is 0 Å². The lowest BCUT2D eigenvalue weighted by Gasteiger charge is -2.07. The molecule has 0 atom stereocenters. The predicted molar refractivity (Wildman–Crippen MR) is 66.2 cm³/mol. The Morgan fingerprint density at radius 1 is 1.00 bits per heavy atom. The van der Waals surface area contributed by atoms with Crippen molar-refractivity contribution in [2.45, 2.75) is 20.8 Å². The van der Waals surface area contributed by atoms with Gasteiger partial charge >= 0.3 is 18.7 Å². The minimum atomic E-state index is -4.67. The van der Waals surface area contributed by atoms with Gasteiger partial charge in [0.2, 0.25) is 0 Å². The standard InChI is InChI=1S/C6H15P.H2O4S.H3O3P/c1-4-7(5-2)6-3;1-5(2,3)4;1-4(2)3/h4-6H2,1-3H3;(H2,1,2,3,4);4H,(H2,1,2,3). The third-order valence-electron chi connectivity index (χ3n) is 1.34. The van der Waals surface area contributed by atoms with Gasteiger partial charge in [0.25, 0.3) is 0 Å². The van der Waals surface area contributed by atoms with E-state index in [1.165, 1.54) is 18.5 Å². The summed E-state index contributed by atoms with van der Waals surface area (Å²) in [5.74, 6) is 0. The topological polar surface area (TPSA) is 132 Å². The lowest BCUT2D eigenvalue weighted by molar-refractivity contribution is 0.380. The summed E-state index contributed by atoms with van der Waals surface area (Å²) in [5.41, 5.74) is 0. The summed E-state index contributed by atoms with van der Waals surface area (Å²) < 4.78 is 40.3. The minimum absolute atomic E-state index is 0.446. The predicted octanol–water partition coefficient (Wildman–Crippen LogP) is 1.24. The molecule has 0 amide bonds. The second-order valence-electron chi connectivity index (χ2n) is 2.35. The van der Waals surface area contributed by atoms with Gasteiger partial charge in [-0.15, -0.1) is 7.92 Å². The zero-order valence-electron chi connectivity index (χ0n) is 9.49. The van der Waals surface area contributed by atoms with E-state index >= 15 is 0 Å². The highest BCUT2D eigenvalue weighted by atomic mass is 32.3. The summed E-state index contributed by atoms with van der Waals surface area (Å²) in [6.07, 6.45) is 4.26. The molecule has 0 aliphatic carbocycles. The van der Waals surface area contributed by atoms with Crippen LogP contribution < -0.4 is 0 Å². The summed E-state index contributed by atoms with van der Waals surface area (Å²) in [6.45, 7) is 6.87. The molecule has 0 aromatic carbocycles. The maximum atomic E-state index is 8.74. The molecule has 4 N–H and O–H groups in total. The smallest absolute Gasteiger partial charge is 0.326 e. The van der Waals surface area contributed by atoms with Crippen LogP contribution in [0.25, 0.3) is 0 Å². The summed E-state index contributed by atoms with van der Waals surface area (Å²) >= 11 is 0. The van der Waals surface area contributed by atoms with Gasteiger partial charge in [-0.1, -0.05) is 20.8 Å². The van der Waals surface area contributed by atoms with E-state index in [2.05, 4.69) is 20.8 Å². The molecule has 7 nitrogen and oxygen atoms in total. The van der Waals surface area contributed by atoms with Crippen LogP contribution in [0.3, 0.4) is 0 Å². The van der Waals surface area contributed by atoms with Crippen molar-refractivity contribution in [3.63, 3.8) is 0 Å². The van der Waals surface area contributed by atoms with Crippen LogP contribution in [-0.4, -0.2) is 45.8 Å². The van der Waals surface area contributed by atoms with Crippen molar-refractivity contribution in [3.8, 4) is 0 Å². The van der Waals surface area contributed by atoms with E-state index in [1.54, 1.807) is 0 Å². The van der Waals surface area contributed by atoms with Crippen molar-refractivity contribution in [2.75, 3.05) is 18.5 Å². The van der Waals surface area contributed by atoms with Gasteiger partial charge < -0.3 is 9.79 Å². The molecule has 10 heteroatoms. The van der Waals surface area contributed by atoms with E-state index in [-0.39, 0.29) is 0 Å². The summed E-state index contributed by atoms with van der Waals surface area (Å²) in [4.78, 5) is 14.3. The van der Waals surface area contributed by atoms with Crippen LogP contribution in [0.1, 0.15) is 20.8 Å². The van der Waals surface area contributed by atoms with Crippen molar-refractivity contribution >= 4 is 26.6 Å². The van der Waals surface area contributed by atoms with Gasteiger partial charge in [0, 0.05) is 0 Å². The molecule has 0 aromatic heterocycles. The molecule has 0 heterocycles. The summed E-state index contributed by atoms with van der Waals surface area (Å²) in [7, 11) is -7.35. The van der Waals surface area contributed by atoms with Crippen LogP contribution >= 0.6 is 16.2 Å². The first-order valence-electron chi connectivity index (χ1n) is 4.42. The monoisotopic (exact) mass is 298 g/mol. The summed E-state index contributed by atoms with van der Waals surface area (Å²) in [5, 5.41) is 0. The molecule has 0 rings (SSSR count). The van der Waals surface area contributed by atoms with Gasteiger partial charge in [-0.05, 0) is 18.5 Å². The maximum Gasteiger partial charge on any atom is 0.394 e. The van der Waals surface area contributed by atoms with Crippen molar-refractivity contribution in [1.82, 2.24) is 0 Å². The third kappa shape index (κ3) is 62.8. The SMILES string of the molecule is CCP(CC)CC.O=S(=O)(O)O.O=[PH](O)O. The summed E-state index contributed by atoms with van der Waals surface area (Å²) in [6, 6.07) is 0. The van der Waals surface area contributed by atoms with E-state index < -0.39 is 18.7 Å². The Morgan fingerprint density at radius 3 is 1.12 bits per heavy atom. The molecule has 0 bridgehead atoms. The zero-order chi connectivity index (χ0) is 13.8. The van der Waals surface area contributed by atoms with E-state index in [9.17, 15) is 0 Å². The Hall–Kier alpha value is 0.450. The molecular weight excluding hydrogens is 278 g/mol. The van der Waals surface area contributed by atoms with Crippen molar-refractivity contribution in [3.05, 3.63) is 0 Å². The highest BCUT2D eigenvalue weighted by Gasteiger charge is 1.94. The maximum absolute atomic E-state index is 8.74. The van der Waals surface area contributed by atoms with Gasteiger partial charge in [-0.25, -0.2) is 0 Å². The molecule has 0 aromatic rings. The van der Waals surface area contributed by atoms with Crippen LogP contribution in [0, 0.1) is 0 Å². The zero-order valence-corrected chi connectivity index (χ0v) is 12.2. The molecule has 0 spiro atoms. The largest absolute Gasteiger partial charge is 0.394 e. The lowest BCUT2D eigenvalue weighted by atomic mass is 10.9. The fourth-order valence-electron chi connectivity index (χ4n) is 0.671. The van der Waals surface area contributed by atoms with Crippen molar-refractivity contribution in [1.29, 1.82) is 0 Å². The molecule has 16 heavy (non-hydrogen) atoms. The van der Waals surface area contributed by atoms with Crippen LogP contribution in [0.2, 0.25) is 0 Å². The highest BCUT2D eigenvalue weighted by Crippen LogP contribution is 2.32. The molecule has 0 unspecified atom stereocenters. The minimum Gasteiger partial charge on any atom is -0.326 e. The van der Waals surface area contributed by atoms with Gasteiger partial charge in [0.15, 0.2) is 0 Å². The molecule has 0 saturated heterocycles. The quantitative estimate of drug-likeness (QED) is 0.455. The molecule has 102 valence electrons. The van der Waals surface area contributed by atoms with Crippen LogP contribution in [0.4, 0.5) is 0 Å². The Balaban J connectivity index is -0.000000166. The Bertz CT molecular complexity index is 232. The van der Waals surface area contributed by atoms with Gasteiger partial charge in [-0.2, -0.15) is 8.42 Å². The van der Waals surface area contributed by atoms with E-state index in [1.807, 2.05) is 0 Å². The van der Waals surface area contributed by atoms with E-state index in [4.69, 9.17) is 31.9 Å². The normalized spacial score (nSPS) is 10.3. The van der Waals surface area contributed by atoms with Crippen molar-refractivity contribution in [2.24, 2.45) is 0 Å². The Kier molecular flexibility index (Phi) is 18.3. The molecule has 0 aliphatic rings. The first-order valence-corrected chi connectivity index (χ1v) is 9.02. The van der Waals surface area contributed by atoms with E-state index in [0.717, 1.165) is 0 Å². The first kappa shape index (κ1) is 21.7. The second-order valence-corrected chi connectivity index (χ2v) is 7.05. The molecular formula is C6H20O7P2S. The Labute approximate surface area is 98.2 Å². The van der Waals surface area contributed by atoms with E-state index in [0.29, 0.717) is 7.92 Å². The average molecular weight is 298 g/mol. The number of hydrogen-bond acceptors (Lipinski definition) is 3. The van der Waals surface area contributed by atoms with Crippen LogP contribution in [0.15, 0.2) is 0 Å². The average Bonchev–Trinajstić information content (AvgIpc) is 2.03. The lowest BCUT2D eigenvalue weighted by Crippen LogP contribution is -1.89. The molecule has 0 radical (unpaired) electrons. The fourth-order valence-corrected chi connectivity index (χ4v) is 2.01.